The van der Waals surface area contributed by atoms with E-state index in [1.807, 2.05) is 24.4 Å². The van der Waals surface area contributed by atoms with Gasteiger partial charge in [0.05, 0.1) is 26.8 Å². The molecule has 0 aliphatic heterocycles. The second-order valence-corrected chi connectivity index (χ2v) is 6.63. The Labute approximate surface area is 177 Å². The molecular weight excluding hydrogens is 380 g/mol. The minimum atomic E-state index is 0.562. The minimum Gasteiger partial charge on any atom is -0.493 e. The molecule has 1 heterocycles. The standard InChI is InChI=1S/C23H28N4O3/c1-24-23(26-12-10-18-8-5-7-17-9-6-11-25-21(17)18)27-15-16-13-19(28-2)22(30-4)20(14-16)29-3/h5-9,11,13-14H,10,12,15H2,1-4H3,(H2,24,26,27). The number of guanidine groups is 1. The molecule has 0 spiro atoms. The van der Waals surface area contributed by atoms with Crippen LogP contribution in [-0.2, 0) is 13.0 Å². The molecule has 2 aromatic carbocycles. The predicted molar refractivity (Wildman–Crippen MR) is 120 cm³/mol. The number of nitrogens with zero attached hydrogens (tertiary/aromatic N) is 2. The highest BCUT2D eigenvalue weighted by Gasteiger charge is 2.13. The topological polar surface area (TPSA) is 77.0 Å². The van der Waals surface area contributed by atoms with Crippen LogP contribution in [0.3, 0.4) is 0 Å². The van der Waals surface area contributed by atoms with Crippen molar-refractivity contribution in [1.29, 1.82) is 0 Å². The van der Waals surface area contributed by atoms with E-state index in [1.54, 1.807) is 28.4 Å². The van der Waals surface area contributed by atoms with Crippen molar-refractivity contribution in [1.82, 2.24) is 15.6 Å². The van der Waals surface area contributed by atoms with Crippen molar-refractivity contribution in [2.24, 2.45) is 4.99 Å². The van der Waals surface area contributed by atoms with Crippen molar-refractivity contribution >= 4 is 16.9 Å². The summed E-state index contributed by atoms with van der Waals surface area (Å²) in [5, 5.41) is 7.83. The first kappa shape index (κ1) is 21.2. The van der Waals surface area contributed by atoms with Gasteiger partial charge in [-0.25, -0.2) is 0 Å². The average Bonchev–Trinajstić information content (AvgIpc) is 2.80. The second kappa shape index (κ2) is 10.3. The zero-order valence-electron chi connectivity index (χ0n) is 17.9. The summed E-state index contributed by atoms with van der Waals surface area (Å²) >= 11 is 0. The third-order valence-electron chi connectivity index (χ3n) is 4.81. The van der Waals surface area contributed by atoms with Gasteiger partial charge in [0.1, 0.15) is 0 Å². The van der Waals surface area contributed by atoms with E-state index in [1.165, 1.54) is 5.56 Å². The fourth-order valence-electron chi connectivity index (χ4n) is 3.33. The molecule has 0 bridgehead atoms. The summed E-state index contributed by atoms with van der Waals surface area (Å²) in [7, 11) is 6.56. The van der Waals surface area contributed by atoms with Crippen molar-refractivity contribution < 1.29 is 14.2 Å². The van der Waals surface area contributed by atoms with E-state index >= 15 is 0 Å². The second-order valence-electron chi connectivity index (χ2n) is 6.63. The summed E-state index contributed by atoms with van der Waals surface area (Å²) in [5.74, 6) is 2.55. The van der Waals surface area contributed by atoms with Gasteiger partial charge in [0, 0.05) is 31.7 Å². The molecule has 3 aromatic rings. The molecule has 0 saturated heterocycles. The number of methoxy groups -OCH3 is 3. The largest absolute Gasteiger partial charge is 0.493 e. The molecule has 0 unspecified atom stereocenters. The number of aromatic nitrogens is 1. The molecule has 0 amide bonds. The Hall–Kier alpha value is -3.48. The third-order valence-corrected chi connectivity index (χ3v) is 4.81. The number of pyridine rings is 1. The monoisotopic (exact) mass is 408 g/mol. The number of fused-ring (bicyclic) bond motifs is 1. The summed E-state index contributed by atoms with van der Waals surface area (Å²) in [6, 6.07) is 14.1. The van der Waals surface area contributed by atoms with Crippen LogP contribution >= 0.6 is 0 Å². The first-order valence-electron chi connectivity index (χ1n) is 9.76. The molecule has 7 heteroatoms. The molecule has 7 nitrogen and oxygen atoms in total. The molecule has 0 saturated carbocycles. The zero-order valence-corrected chi connectivity index (χ0v) is 17.9. The first-order chi connectivity index (χ1) is 14.7. The first-order valence-corrected chi connectivity index (χ1v) is 9.76. The van der Waals surface area contributed by atoms with Gasteiger partial charge in [-0.05, 0) is 35.7 Å². The average molecular weight is 409 g/mol. The Bertz CT molecular complexity index is 990. The summed E-state index contributed by atoms with van der Waals surface area (Å²) in [5.41, 5.74) is 3.24. The lowest BCUT2D eigenvalue weighted by Crippen LogP contribution is -2.37. The van der Waals surface area contributed by atoms with E-state index in [-0.39, 0.29) is 0 Å². The molecule has 2 N–H and O–H groups in total. The van der Waals surface area contributed by atoms with Gasteiger partial charge in [-0.1, -0.05) is 24.3 Å². The molecule has 30 heavy (non-hydrogen) atoms. The molecule has 0 fully saturated rings. The number of ether oxygens (including phenoxy) is 3. The molecular formula is C23H28N4O3. The van der Waals surface area contributed by atoms with Crippen LogP contribution in [0.2, 0.25) is 0 Å². The number of aliphatic imine (C=N–C) groups is 1. The molecule has 0 aliphatic carbocycles. The maximum Gasteiger partial charge on any atom is 0.203 e. The Balaban J connectivity index is 1.60. The number of para-hydroxylation sites is 1. The van der Waals surface area contributed by atoms with Gasteiger partial charge in [-0.2, -0.15) is 0 Å². The SMILES string of the molecule is CN=C(NCCc1cccc2cccnc12)NCc1cc(OC)c(OC)c(OC)c1. The number of rotatable bonds is 8. The van der Waals surface area contributed by atoms with Crippen LogP contribution in [0.4, 0.5) is 0 Å². The van der Waals surface area contributed by atoms with Gasteiger partial charge in [-0.3, -0.25) is 9.98 Å². The van der Waals surface area contributed by atoms with Crippen molar-refractivity contribution in [3.8, 4) is 17.2 Å². The van der Waals surface area contributed by atoms with Gasteiger partial charge >= 0.3 is 0 Å². The van der Waals surface area contributed by atoms with Crippen molar-refractivity contribution in [2.45, 2.75) is 13.0 Å². The Kier molecular flexibility index (Phi) is 7.32. The highest BCUT2D eigenvalue weighted by Crippen LogP contribution is 2.38. The summed E-state index contributed by atoms with van der Waals surface area (Å²) in [6.45, 7) is 1.30. The highest BCUT2D eigenvalue weighted by molar-refractivity contribution is 5.82. The van der Waals surface area contributed by atoms with Crippen LogP contribution in [0.1, 0.15) is 11.1 Å². The van der Waals surface area contributed by atoms with E-state index in [2.05, 4.69) is 44.9 Å². The van der Waals surface area contributed by atoms with Crippen molar-refractivity contribution in [2.75, 3.05) is 34.9 Å². The Morgan fingerprint density at radius 3 is 2.37 bits per heavy atom. The predicted octanol–water partition coefficient (Wildman–Crippen LogP) is 3.17. The van der Waals surface area contributed by atoms with Gasteiger partial charge in [0.25, 0.3) is 0 Å². The van der Waals surface area contributed by atoms with Gasteiger partial charge < -0.3 is 24.8 Å². The van der Waals surface area contributed by atoms with Crippen LogP contribution in [0.15, 0.2) is 53.7 Å². The highest BCUT2D eigenvalue weighted by atomic mass is 16.5. The lowest BCUT2D eigenvalue weighted by Gasteiger charge is -2.16. The fourth-order valence-corrected chi connectivity index (χ4v) is 3.33. The summed E-state index contributed by atoms with van der Waals surface area (Å²) in [6.07, 6.45) is 2.68. The number of hydrogen-bond donors (Lipinski definition) is 2. The fraction of sp³-hybridized carbons (Fsp3) is 0.304. The van der Waals surface area contributed by atoms with E-state index in [0.29, 0.717) is 23.8 Å². The third kappa shape index (κ3) is 4.92. The van der Waals surface area contributed by atoms with Crippen LogP contribution < -0.4 is 24.8 Å². The molecule has 158 valence electrons. The molecule has 0 atom stereocenters. The van der Waals surface area contributed by atoms with E-state index in [4.69, 9.17) is 14.2 Å². The Morgan fingerprint density at radius 1 is 0.967 bits per heavy atom. The maximum atomic E-state index is 5.42. The van der Waals surface area contributed by atoms with Gasteiger partial charge in [-0.15, -0.1) is 0 Å². The Morgan fingerprint density at radius 2 is 1.70 bits per heavy atom. The van der Waals surface area contributed by atoms with Crippen LogP contribution in [0.25, 0.3) is 10.9 Å². The quantitative estimate of drug-likeness (QED) is 0.440. The smallest absolute Gasteiger partial charge is 0.203 e. The number of benzene rings is 2. The van der Waals surface area contributed by atoms with Crippen LogP contribution in [-0.4, -0.2) is 45.9 Å². The van der Waals surface area contributed by atoms with Gasteiger partial charge in [0.2, 0.25) is 5.75 Å². The number of nitrogens with one attached hydrogen (secondary N) is 2. The molecule has 1 aromatic heterocycles. The molecule has 3 rings (SSSR count). The van der Waals surface area contributed by atoms with Crippen molar-refractivity contribution in [3.63, 3.8) is 0 Å². The lowest BCUT2D eigenvalue weighted by molar-refractivity contribution is 0.323. The summed E-state index contributed by atoms with van der Waals surface area (Å²) < 4.78 is 16.2. The van der Waals surface area contributed by atoms with E-state index in [0.717, 1.165) is 35.4 Å². The molecule has 0 aliphatic rings. The normalized spacial score (nSPS) is 11.3. The lowest BCUT2D eigenvalue weighted by atomic mass is 10.1. The summed E-state index contributed by atoms with van der Waals surface area (Å²) in [4.78, 5) is 8.82. The maximum absolute atomic E-state index is 5.42. The zero-order chi connectivity index (χ0) is 21.3. The van der Waals surface area contributed by atoms with Crippen molar-refractivity contribution in [3.05, 3.63) is 59.8 Å². The minimum absolute atomic E-state index is 0.562. The number of hydrogen-bond acceptors (Lipinski definition) is 5. The van der Waals surface area contributed by atoms with E-state index < -0.39 is 0 Å². The van der Waals surface area contributed by atoms with Gasteiger partial charge in [0.15, 0.2) is 17.5 Å². The van der Waals surface area contributed by atoms with Crippen LogP contribution in [0, 0.1) is 0 Å². The van der Waals surface area contributed by atoms with E-state index in [9.17, 15) is 0 Å². The van der Waals surface area contributed by atoms with Crippen LogP contribution in [0.5, 0.6) is 17.2 Å². The molecule has 0 radical (unpaired) electrons.